The minimum Gasteiger partial charge on any atom is -0.489 e. The van der Waals surface area contributed by atoms with Crippen LogP contribution in [0.4, 0.5) is 5.69 Å². The first kappa shape index (κ1) is 18.9. The van der Waals surface area contributed by atoms with Crippen LogP contribution >= 0.6 is 0 Å². The molecule has 0 aliphatic carbocycles. The highest BCUT2D eigenvalue weighted by molar-refractivity contribution is 5.90. The number of benzene rings is 3. The van der Waals surface area contributed by atoms with E-state index in [1.54, 1.807) is 0 Å². The van der Waals surface area contributed by atoms with Gasteiger partial charge in [0.05, 0.1) is 11.8 Å². The van der Waals surface area contributed by atoms with Crippen molar-refractivity contribution >= 4 is 11.9 Å². The van der Waals surface area contributed by atoms with Crippen molar-refractivity contribution in [3.05, 3.63) is 83.4 Å². The molecule has 2 nitrogen and oxygen atoms in total. The van der Waals surface area contributed by atoms with Crippen molar-refractivity contribution in [1.29, 1.82) is 0 Å². The molecule has 0 N–H and O–H groups in total. The number of aryl methyl sites for hydroxylation is 2. The van der Waals surface area contributed by atoms with E-state index in [1.807, 2.05) is 24.4 Å². The van der Waals surface area contributed by atoms with Gasteiger partial charge in [0.1, 0.15) is 5.75 Å². The van der Waals surface area contributed by atoms with Gasteiger partial charge in [0.15, 0.2) is 0 Å². The van der Waals surface area contributed by atoms with Crippen molar-refractivity contribution in [2.24, 2.45) is 4.99 Å². The summed E-state index contributed by atoms with van der Waals surface area (Å²) >= 11 is 0. The largest absolute Gasteiger partial charge is 0.489 e. The van der Waals surface area contributed by atoms with Gasteiger partial charge in [0.2, 0.25) is 0 Å². The van der Waals surface area contributed by atoms with Gasteiger partial charge in [-0.3, -0.25) is 4.99 Å². The van der Waals surface area contributed by atoms with Gasteiger partial charge in [0.25, 0.3) is 0 Å². The summed E-state index contributed by atoms with van der Waals surface area (Å²) in [7, 11) is 0. The molecule has 0 spiro atoms. The molecule has 0 heterocycles. The average Bonchev–Trinajstić information content (AvgIpc) is 2.69. The lowest BCUT2D eigenvalue weighted by Gasteiger charge is -2.19. The van der Waals surface area contributed by atoms with Gasteiger partial charge in [0, 0.05) is 17.3 Å². The van der Waals surface area contributed by atoms with Crippen molar-refractivity contribution in [3.8, 4) is 16.9 Å². The molecule has 27 heavy (non-hydrogen) atoms. The highest BCUT2D eigenvalue weighted by atomic mass is 16.5. The minimum atomic E-state index is 0.140. The van der Waals surface area contributed by atoms with Crippen molar-refractivity contribution in [2.45, 2.75) is 40.2 Å². The zero-order valence-corrected chi connectivity index (χ0v) is 16.6. The molecule has 138 valence electrons. The van der Waals surface area contributed by atoms with Crippen LogP contribution in [0, 0.1) is 13.8 Å². The first-order chi connectivity index (χ1) is 13.1. The molecule has 0 fully saturated rings. The molecule has 0 radical (unpaired) electrons. The van der Waals surface area contributed by atoms with E-state index >= 15 is 0 Å². The maximum absolute atomic E-state index is 6.35. The lowest BCUT2D eigenvalue weighted by molar-refractivity contribution is 0.218. The van der Waals surface area contributed by atoms with Crippen LogP contribution in [-0.2, 0) is 0 Å². The quantitative estimate of drug-likeness (QED) is 0.440. The third-order valence-corrected chi connectivity index (χ3v) is 4.63. The van der Waals surface area contributed by atoms with Gasteiger partial charge in [-0.15, -0.1) is 0 Å². The Morgan fingerprint density at radius 1 is 0.926 bits per heavy atom. The molecule has 3 rings (SSSR count). The summed E-state index contributed by atoms with van der Waals surface area (Å²) < 4.78 is 6.35. The van der Waals surface area contributed by atoms with Crippen LogP contribution in [0.1, 0.15) is 37.0 Å². The number of nitrogens with zero attached hydrogens (tertiary/aromatic N) is 1. The first-order valence-electron chi connectivity index (χ1n) is 9.54. The van der Waals surface area contributed by atoms with Crippen LogP contribution in [0.2, 0.25) is 0 Å². The van der Waals surface area contributed by atoms with E-state index in [-0.39, 0.29) is 6.10 Å². The number of hydrogen-bond donors (Lipinski definition) is 0. The zero-order chi connectivity index (χ0) is 19.2. The third kappa shape index (κ3) is 4.85. The van der Waals surface area contributed by atoms with Gasteiger partial charge in [-0.2, -0.15) is 0 Å². The van der Waals surface area contributed by atoms with E-state index in [0.29, 0.717) is 0 Å². The van der Waals surface area contributed by atoms with E-state index in [0.717, 1.165) is 34.5 Å². The topological polar surface area (TPSA) is 21.6 Å². The molecule has 3 aromatic rings. The van der Waals surface area contributed by atoms with Crippen LogP contribution in [0.3, 0.4) is 0 Å². The fraction of sp³-hybridized carbons (Fsp3) is 0.240. The van der Waals surface area contributed by atoms with Crippen molar-refractivity contribution in [1.82, 2.24) is 0 Å². The molecule has 1 atom stereocenters. The van der Waals surface area contributed by atoms with Gasteiger partial charge in [-0.25, -0.2) is 0 Å². The van der Waals surface area contributed by atoms with Crippen LogP contribution in [0.25, 0.3) is 11.1 Å². The van der Waals surface area contributed by atoms with E-state index in [4.69, 9.17) is 4.74 Å². The summed E-state index contributed by atoms with van der Waals surface area (Å²) in [6, 6.07) is 23.0. The maximum atomic E-state index is 6.35. The monoisotopic (exact) mass is 357 g/mol. The predicted molar refractivity (Wildman–Crippen MR) is 115 cm³/mol. The Morgan fingerprint density at radius 3 is 2.30 bits per heavy atom. The standard InChI is InChI=1S/C25H27NO/c1-5-20(4)27-25-22(17-26-23-13-11-18(2)12-14-23)15-19(3)16-24(25)21-9-7-6-8-10-21/h6-17,20H,5H2,1-4H3. The number of rotatable bonds is 6. The second-order valence-electron chi connectivity index (χ2n) is 7.03. The summed E-state index contributed by atoms with van der Waals surface area (Å²) in [4.78, 5) is 4.68. The second kappa shape index (κ2) is 8.68. The SMILES string of the molecule is CCC(C)Oc1c(C=Nc2ccc(C)cc2)cc(C)cc1-c1ccccc1. The normalized spacial score (nSPS) is 12.3. The van der Waals surface area contributed by atoms with Crippen molar-refractivity contribution in [3.63, 3.8) is 0 Å². The summed E-state index contributed by atoms with van der Waals surface area (Å²) in [5.41, 5.74) is 6.64. The number of hydrogen-bond acceptors (Lipinski definition) is 2. The smallest absolute Gasteiger partial charge is 0.136 e. The molecular weight excluding hydrogens is 330 g/mol. The first-order valence-corrected chi connectivity index (χ1v) is 9.54. The van der Waals surface area contributed by atoms with Gasteiger partial charge < -0.3 is 4.74 Å². The van der Waals surface area contributed by atoms with Crippen LogP contribution in [0.15, 0.2) is 71.7 Å². The van der Waals surface area contributed by atoms with Gasteiger partial charge >= 0.3 is 0 Å². The lowest BCUT2D eigenvalue weighted by Crippen LogP contribution is -2.12. The molecule has 0 bridgehead atoms. The Kier molecular flexibility index (Phi) is 6.08. The summed E-state index contributed by atoms with van der Waals surface area (Å²) in [5, 5.41) is 0. The molecule has 3 aromatic carbocycles. The number of aliphatic imine (C=N–C) groups is 1. The number of ether oxygens (including phenoxy) is 1. The third-order valence-electron chi connectivity index (χ3n) is 4.63. The molecule has 0 amide bonds. The second-order valence-corrected chi connectivity index (χ2v) is 7.03. The molecule has 1 unspecified atom stereocenters. The van der Waals surface area contributed by atoms with Crippen molar-refractivity contribution < 1.29 is 4.74 Å². The Hall–Kier alpha value is -2.87. The Labute approximate surface area is 162 Å². The molecule has 0 aromatic heterocycles. The van der Waals surface area contributed by atoms with Crippen LogP contribution in [-0.4, -0.2) is 12.3 Å². The summed E-state index contributed by atoms with van der Waals surface area (Å²) in [6.45, 7) is 8.44. The maximum Gasteiger partial charge on any atom is 0.136 e. The Balaban J connectivity index is 2.08. The molecule has 0 saturated heterocycles. The lowest BCUT2D eigenvalue weighted by atomic mass is 9.98. The highest BCUT2D eigenvalue weighted by Gasteiger charge is 2.14. The minimum absolute atomic E-state index is 0.140. The summed E-state index contributed by atoms with van der Waals surface area (Å²) in [5.74, 6) is 0.900. The highest BCUT2D eigenvalue weighted by Crippen LogP contribution is 2.35. The Morgan fingerprint density at radius 2 is 1.63 bits per heavy atom. The molecule has 2 heteroatoms. The summed E-state index contributed by atoms with van der Waals surface area (Å²) in [6.07, 6.45) is 3.01. The average molecular weight is 357 g/mol. The van der Waals surface area contributed by atoms with Crippen molar-refractivity contribution in [2.75, 3.05) is 0 Å². The van der Waals surface area contributed by atoms with Gasteiger partial charge in [-0.1, -0.05) is 55.0 Å². The van der Waals surface area contributed by atoms with Crippen LogP contribution < -0.4 is 4.74 Å². The molecular formula is C25H27NO. The van der Waals surface area contributed by atoms with E-state index in [9.17, 15) is 0 Å². The molecule has 0 aliphatic rings. The van der Waals surface area contributed by atoms with Gasteiger partial charge in [-0.05, 0) is 62.6 Å². The van der Waals surface area contributed by atoms with E-state index < -0.39 is 0 Å². The van der Waals surface area contributed by atoms with E-state index in [2.05, 4.69) is 81.2 Å². The fourth-order valence-corrected chi connectivity index (χ4v) is 2.92. The molecule has 0 saturated carbocycles. The molecule has 0 aliphatic heterocycles. The zero-order valence-electron chi connectivity index (χ0n) is 16.6. The fourth-order valence-electron chi connectivity index (χ4n) is 2.92. The Bertz CT molecular complexity index is 911. The van der Waals surface area contributed by atoms with E-state index in [1.165, 1.54) is 11.1 Å². The van der Waals surface area contributed by atoms with Crippen LogP contribution in [0.5, 0.6) is 5.75 Å². The predicted octanol–water partition coefficient (Wildman–Crippen LogP) is 6.90.